The third-order valence-corrected chi connectivity index (χ3v) is 0.494. The van der Waals surface area contributed by atoms with Gasteiger partial charge in [-0.05, 0) is 0 Å². The van der Waals surface area contributed by atoms with Gasteiger partial charge in [-0.1, -0.05) is 13.8 Å². The number of rotatable bonds is 1. The van der Waals surface area contributed by atoms with Crippen LogP contribution in [-0.2, 0) is 4.79 Å². The molecule has 0 spiro atoms. The topological polar surface area (TPSA) is 37.3 Å². The first-order valence-electron chi connectivity index (χ1n) is 1.87. The minimum absolute atomic E-state index is 0. The minimum Gasteiger partial charge on any atom is -0.481 e. The van der Waals surface area contributed by atoms with E-state index < -0.39 is 5.97 Å². The molecular formula is C5H11O2U-. The zero-order chi connectivity index (χ0) is 5.15. The summed E-state index contributed by atoms with van der Waals surface area (Å²) in [5.41, 5.74) is 0. The molecule has 0 amide bonds. The van der Waals surface area contributed by atoms with Crippen molar-refractivity contribution in [3.63, 3.8) is 0 Å². The normalized spacial score (nSPS) is 6.88. The molecule has 0 bridgehead atoms. The largest absolute Gasteiger partial charge is 0.481 e. The molecule has 0 saturated heterocycles. The van der Waals surface area contributed by atoms with Crippen LogP contribution >= 0.6 is 0 Å². The summed E-state index contributed by atoms with van der Waals surface area (Å²) in [7, 11) is 0. The molecule has 48 valence electrons. The van der Waals surface area contributed by atoms with Crippen molar-refractivity contribution in [2.45, 2.75) is 13.8 Å². The molecule has 0 heterocycles. The van der Waals surface area contributed by atoms with E-state index in [-0.39, 0.29) is 44.5 Å². The molecule has 0 aliphatic heterocycles. The van der Waals surface area contributed by atoms with E-state index in [2.05, 4.69) is 0 Å². The van der Waals surface area contributed by atoms with Gasteiger partial charge in [-0.3, -0.25) is 4.79 Å². The van der Waals surface area contributed by atoms with Crippen LogP contribution in [0.3, 0.4) is 0 Å². The van der Waals surface area contributed by atoms with Gasteiger partial charge in [0, 0.05) is 31.1 Å². The number of carboxylic acids is 1. The van der Waals surface area contributed by atoms with Crippen molar-refractivity contribution in [1.29, 1.82) is 0 Å². The molecule has 2 nitrogen and oxygen atoms in total. The van der Waals surface area contributed by atoms with Crippen molar-refractivity contribution in [3.05, 3.63) is 7.43 Å². The van der Waals surface area contributed by atoms with Crippen molar-refractivity contribution in [3.8, 4) is 0 Å². The van der Waals surface area contributed by atoms with Gasteiger partial charge in [-0.2, -0.15) is 0 Å². The average molecular weight is 341 g/mol. The Kier molecular flexibility index (Phi) is 14.9. The van der Waals surface area contributed by atoms with Gasteiger partial charge < -0.3 is 12.5 Å². The molecule has 0 fully saturated rings. The standard InChI is InChI=1S/C4H8O2.CH3.U/c1-3(2)4(5)6;;/h3H,1-2H3,(H,5,6);1H3;/q;-1;. The summed E-state index contributed by atoms with van der Waals surface area (Å²) in [5.74, 6) is -0.972. The Bertz CT molecular complexity index is 61.4. The molecule has 0 radical (unpaired) electrons. The number of hydrogen-bond donors (Lipinski definition) is 1. The molecule has 3 heteroatoms. The summed E-state index contributed by atoms with van der Waals surface area (Å²) in [5, 5.41) is 7.99. The molecule has 0 aromatic heterocycles. The Labute approximate surface area is 74.0 Å². The van der Waals surface area contributed by atoms with E-state index in [4.69, 9.17) is 5.11 Å². The molecule has 0 aliphatic carbocycles. The summed E-state index contributed by atoms with van der Waals surface area (Å²) < 4.78 is 0. The quantitative estimate of drug-likeness (QED) is 0.728. The van der Waals surface area contributed by atoms with Crippen molar-refractivity contribution >= 4 is 5.97 Å². The van der Waals surface area contributed by atoms with Gasteiger partial charge in [-0.15, -0.1) is 0 Å². The first-order valence-corrected chi connectivity index (χ1v) is 1.87. The van der Waals surface area contributed by atoms with Crippen LogP contribution in [0.1, 0.15) is 13.8 Å². The van der Waals surface area contributed by atoms with Crippen LogP contribution in [0, 0.1) is 44.5 Å². The van der Waals surface area contributed by atoms with Gasteiger partial charge in [0.05, 0.1) is 5.92 Å². The summed E-state index contributed by atoms with van der Waals surface area (Å²) in [6, 6.07) is 0. The molecule has 0 atom stereocenters. The molecular weight excluding hydrogens is 330 g/mol. The Balaban J connectivity index is -0.000000125. The van der Waals surface area contributed by atoms with Crippen LogP contribution in [0.5, 0.6) is 0 Å². The second-order valence-electron chi connectivity index (χ2n) is 1.49. The van der Waals surface area contributed by atoms with Crippen LogP contribution in [0.25, 0.3) is 0 Å². The Morgan fingerprint density at radius 1 is 1.50 bits per heavy atom. The van der Waals surface area contributed by atoms with E-state index in [1.54, 1.807) is 13.8 Å². The van der Waals surface area contributed by atoms with Crippen molar-refractivity contribution < 1.29 is 41.0 Å². The molecule has 0 rings (SSSR count). The number of aliphatic carboxylic acids is 1. The second kappa shape index (κ2) is 7.52. The fraction of sp³-hybridized carbons (Fsp3) is 0.600. The van der Waals surface area contributed by atoms with Gasteiger partial charge in [-0.25, -0.2) is 0 Å². The smallest absolute Gasteiger partial charge is 0.305 e. The maximum atomic E-state index is 9.70. The molecule has 1 N–H and O–H groups in total. The fourth-order valence-electron chi connectivity index (χ4n) is 0. The predicted octanol–water partition coefficient (Wildman–Crippen LogP) is 1.18. The molecule has 0 aliphatic rings. The Morgan fingerprint density at radius 3 is 1.62 bits per heavy atom. The van der Waals surface area contributed by atoms with Crippen LogP contribution < -0.4 is 0 Å². The monoisotopic (exact) mass is 341 g/mol. The average Bonchev–Trinajstić information content (AvgIpc) is 1.36. The van der Waals surface area contributed by atoms with Crippen molar-refractivity contribution in [1.82, 2.24) is 0 Å². The number of carbonyl (C=O) groups is 1. The van der Waals surface area contributed by atoms with Gasteiger partial charge in [0.2, 0.25) is 0 Å². The first kappa shape index (κ1) is 15.8. The predicted molar refractivity (Wildman–Crippen MR) is 28.9 cm³/mol. The zero-order valence-electron chi connectivity index (χ0n) is 5.43. The van der Waals surface area contributed by atoms with Crippen molar-refractivity contribution in [2.24, 2.45) is 5.92 Å². The van der Waals surface area contributed by atoms with Crippen LogP contribution in [-0.4, -0.2) is 11.1 Å². The van der Waals surface area contributed by atoms with Gasteiger partial charge in [0.25, 0.3) is 0 Å². The van der Waals surface area contributed by atoms with E-state index in [1.807, 2.05) is 0 Å². The van der Waals surface area contributed by atoms with E-state index in [0.29, 0.717) is 0 Å². The summed E-state index contributed by atoms with van der Waals surface area (Å²) in [6.45, 7) is 3.28. The van der Waals surface area contributed by atoms with Gasteiger partial charge >= 0.3 is 5.97 Å². The van der Waals surface area contributed by atoms with E-state index in [9.17, 15) is 4.79 Å². The van der Waals surface area contributed by atoms with E-state index in [0.717, 1.165) is 0 Å². The minimum atomic E-state index is -0.741. The maximum Gasteiger partial charge on any atom is 0.305 e. The molecule has 0 aromatic rings. The fourth-order valence-corrected chi connectivity index (χ4v) is 0. The molecule has 0 unspecified atom stereocenters. The number of hydrogen-bond acceptors (Lipinski definition) is 1. The third-order valence-electron chi connectivity index (χ3n) is 0.494. The summed E-state index contributed by atoms with van der Waals surface area (Å²) in [4.78, 5) is 9.70. The maximum absolute atomic E-state index is 9.70. The van der Waals surface area contributed by atoms with Gasteiger partial charge in [0.1, 0.15) is 0 Å². The summed E-state index contributed by atoms with van der Waals surface area (Å²) in [6.07, 6.45) is 0. The molecule has 8 heavy (non-hydrogen) atoms. The Morgan fingerprint density at radius 2 is 1.62 bits per heavy atom. The van der Waals surface area contributed by atoms with Crippen LogP contribution in [0.4, 0.5) is 0 Å². The van der Waals surface area contributed by atoms with Crippen LogP contribution in [0.15, 0.2) is 0 Å². The molecule has 0 aromatic carbocycles. The van der Waals surface area contributed by atoms with E-state index in [1.165, 1.54) is 0 Å². The zero-order valence-corrected chi connectivity index (χ0v) is 9.60. The number of carboxylic acid groups (broad SMARTS) is 1. The van der Waals surface area contributed by atoms with Crippen LogP contribution in [0.2, 0.25) is 0 Å². The molecule has 0 saturated carbocycles. The summed E-state index contributed by atoms with van der Waals surface area (Å²) >= 11 is 0. The first-order chi connectivity index (χ1) is 2.64. The van der Waals surface area contributed by atoms with Gasteiger partial charge in [0.15, 0.2) is 0 Å². The third kappa shape index (κ3) is 9.73. The SMILES string of the molecule is CC(C)C(=O)O.[CH3-].[U]. The second-order valence-corrected chi connectivity index (χ2v) is 1.49. The van der Waals surface area contributed by atoms with Crippen molar-refractivity contribution in [2.75, 3.05) is 0 Å². The van der Waals surface area contributed by atoms with E-state index >= 15 is 0 Å². The Hall–Kier alpha value is 0.522.